The lowest BCUT2D eigenvalue weighted by atomic mass is 10.1. The number of carbonyl (C=O) groups excluding carboxylic acids is 2. The van der Waals surface area contributed by atoms with E-state index in [1.54, 1.807) is 11.9 Å². The Morgan fingerprint density at radius 1 is 1.16 bits per heavy atom. The van der Waals surface area contributed by atoms with Crippen molar-refractivity contribution in [2.75, 3.05) is 39.8 Å². The SMILES string of the molecule is CCOC(=O)c1cnn(-c2ccc(C(=O)N(C)CCN3CCCC3)cc2)c1C(F)(F)F. The lowest BCUT2D eigenvalue weighted by molar-refractivity contribution is -0.143. The van der Waals surface area contributed by atoms with Crippen LogP contribution in [-0.4, -0.2) is 71.3 Å². The number of amides is 1. The van der Waals surface area contributed by atoms with Gasteiger partial charge in [-0.2, -0.15) is 18.3 Å². The number of carbonyl (C=O) groups is 2. The summed E-state index contributed by atoms with van der Waals surface area (Å²) in [6.07, 6.45) is -1.64. The van der Waals surface area contributed by atoms with Crippen molar-refractivity contribution in [1.29, 1.82) is 0 Å². The van der Waals surface area contributed by atoms with Crippen LogP contribution in [0.3, 0.4) is 0 Å². The standard InChI is InChI=1S/C21H25F3N4O3/c1-3-31-20(30)17-14-25-28(18(17)21(22,23)24)16-8-6-15(7-9-16)19(29)26(2)12-13-27-10-4-5-11-27/h6-9,14H,3-5,10-13H2,1-2H3. The van der Waals surface area contributed by atoms with Gasteiger partial charge in [-0.1, -0.05) is 0 Å². The Balaban J connectivity index is 1.77. The Morgan fingerprint density at radius 2 is 1.81 bits per heavy atom. The Labute approximate surface area is 178 Å². The molecule has 1 fully saturated rings. The maximum Gasteiger partial charge on any atom is 0.434 e. The number of likely N-dealkylation sites (N-methyl/N-ethyl adjacent to an activating group) is 1. The Bertz CT molecular complexity index is 919. The smallest absolute Gasteiger partial charge is 0.434 e. The van der Waals surface area contributed by atoms with Gasteiger partial charge in [-0.3, -0.25) is 4.79 Å². The summed E-state index contributed by atoms with van der Waals surface area (Å²) >= 11 is 0. The average Bonchev–Trinajstić information content (AvgIpc) is 3.41. The third-order valence-corrected chi connectivity index (χ3v) is 5.19. The third kappa shape index (κ3) is 5.25. The third-order valence-electron chi connectivity index (χ3n) is 5.19. The molecule has 0 atom stereocenters. The van der Waals surface area contributed by atoms with Crippen molar-refractivity contribution in [2.24, 2.45) is 0 Å². The summed E-state index contributed by atoms with van der Waals surface area (Å²) in [6.45, 7) is 4.89. The fourth-order valence-corrected chi connectivity index (χ4v) is 3.54. The van der Waals surface area contributed by atoms with Crippen LogP contribution in [-0.2, 0) is 10.9 Å². The van der Waals surface area contributed by atoms with Crippen LogP contribution in [0.2, 0.25) is 0 Å². The molecule has 2 aromatic rings. The number of hydrogen-bond acceptors (Lipinski definition) is 5. The highest BCUT2D eigenvalue weighted by atomic mass is 19.4. The molecule has 1 amide bonds. The van der Waals surface area contributed by atoms with Crippen molar-refractivity contribution in [3.05, 3.63) is 47.3 Å². The second-order valence-corrected chi connectivity index (χ2v) is 7.36. The van der Waals surface area contributed by atoms with E-state index in [1.807, 2.05) is 0 Å². The van der Waals surface area contributed by atoms with Crippen molar-refractivity contribution in [3.8, 4) is 5.69 Å². The van der Waals surface area contributed by atoms with Gasteiger partial charge in [0.25, 0.3) is 5.91 Å². The van der Waals surface area contributed by atoms with Gasteiger partial charge in [0.1, 0.15) is 5.56 Å². The zero-order chi connectivity index (χ0) is 22.6. The highest BCUT2D eigenvalue weighted by Gasteiger charge is 2.41. The molecule has 1 aromatic carbocycles. The molecule has 3 rings (SSSR count). The zero-order valence-corrected chi connectivity index (χ0v) is 17.5. The van der Waals surface area contributed by atoms with Crippen LogP contribution in [0.1, 0.15) is 46.2 Å². The average molecular weight is 438 g/mol. The number of halogens is 3. The molecule has 2 heterocycles. The number of benzene rings is 1. The molecule has 0 bridgehead atoms. The van der Waals surface area contributed by atoms with Crippen molar-refractivity contribution in [3.63, 3.8) is 0 Å². The molecule has 0 radical (unpaired) electrons. The Morgan fingerprint density at radius 3 is 2.39 bits per heavy atom. The Kier molecular flexibility index (Phi) is 6.99. The van der Waals surface area contributed by atoms with Gasteiger partial charge in [-0.05, 0) is 57.1 Å². The highest BCUT2D eigenvalue weighted by Crippen LogP contribution is 2.34. The first-order valence-electron chi connectivity index (χ1n) is 10.1. The van der Waals surface area contributed by atoms with Crippen LogP contribution < -0.4 is 0 Å². The molecule has 0 spiro atoms. The number of ether oxygens (including phenoxy) is 1. The van der Waals surface area contributed by atoms with E-state index in [0.717, 1.165) is 25.8 Å². The van der Waals surface area contributed by atoms with E-state index in [9.17, 15) is 22.8 Å². The van der Waals surface area contributed by atoms with Gasteiger partial charge in [-0.15, -0.1) is 0 Å². The monoisotopic (exact) mass is 438 g/mol. The van der Waals surface area contributed by atoms with Gasteiger partial charge in [0.05, 0.1) is 18.5 Å². The van der Waals surface area contributed by atoms with Crippen LogP contribution in [0.25, 0.3) is 5.69 Å². The number of alkyl halides is 3. The van der Waals surface area contributed by atoms with E-state index in [4.69, 9.17) is 4.74 Å². The zero-order valence-electron chi connectivity index (χ0n) is 17.5. The molecule has 168 valence electrons. The first-order chi connectivity index (χ1) is 14.7. The second kappa shape index (κ2) is 9.51. The summed E-state index contributed by atoms with van der Waals surface area (Å²) in [7, 11) is 1.70. The highest BCUT2D eigenvalue weighted by molar-refractivity contribution is 5.94. The summed E-state index contributed by atoms with van der Waals surface area (Å²) in [4.78, 5) is 28.4. The number of nitrogens with zero attached hydrogens (tertiary/aromatic N) is 4. The van der Waals surface area contributed by atoms with Crippen molar-refractivity contribution in [2.45, 2.75) is 25.9 Å². The van der Waals surface area contributed by atoms with Gasteiger partial charge in [0.15, 0.2) is 5.69 Å². The molecule has 0 unspecified atom stereocenters. The summed E-state index contributed by atoms with van der Waals surface area (Å²) in [6, 6.07) is 5.66. The number of likely N-dealkylation sites (tertiary alicyclic amines) is 1. The van der Waals surface area contributed by atoms with E-state index in [1.165, 1.54) is 44.0 Å². The molecule has 0 saturated carbocycles. The predicted octanol–water partition coefficient (Wildman–Crippen LogP) is 3.24. The van der Waals surface area contributed by atoms with Crippen LogP contribution >= 0.6 is 0 Å². The number of hydrogen-bond donors (Lipinski definition) is 0. The number of rotatable bonds is 7. The van der Waals surface area contributed by atoms with Crippen LogP contribution in [0.15, 0.2) is 30.5 Å². The fraction of sp³-hybridized carbons (Fsp3) is 0.476. The van der Waals surface area contributed by atoms with Crippen molar-refractivity contribution in [1.82, 2.24) is 19.6 Å². The summed E-state index contributed by atoms with van der Waals surface area (Å²) in [5.41, 5.74) is -1.43. The lowest BCUT2D eigenvalue weighted by Gasteiger charge is -2.21. The van der Waals surface area contributed by atoms with Gasteiger partial charge in [0, 0.05) is 25.7 Å². The predicted molar refractivity (Wildman–Crippen MR) is 107 cm³/mol. The molecule has 1 aliphatic heterocycles. The molecule has 10 heteroatoms. The molecular weight excluding hydrogens is 413 g/mol. The minimum Gasteiger partial charge on any atom is -0.462 e. The van der Waals surface area contributed by atoms with Gasteiger partial charge in [0.2, 0.25) is 0 Å². The summed E-state index contributed by atoms with van der Waals surface area (Å²) < 4.78 is 46.2. The Hall–Kier alpha value is -2.88. The van der Waals surface area contributed by atoms with Gasteiger partial charge < -0.3 is 14.5 Å². The van der Waals surface area contributed by atoms with E-state index in [-0.39, 0.29) is 18.2 Å². The molecule has 0 aliphatic carbocycles. The molecule has 31 heavy (non-hydrogen) atoms. The van der Waals surface area contributed by atoms with Crippen LogP contribution in [0, 0.1) is 0 Å². The van der Waals surface area contributed by atoms with Crippen molar-refractivity contribution < 1.29 is 27.5 Å². The summed E-state index contributed by atoms with van der Waals surface area (Å²) in [5.74, 6) is -1.30. The number of esters is 1. The molecule has 0 N–H and O–H groups in total. The second-order valence-electron chi connectivity index (χ2n) is 7.36. The van der Waals surface area contributed by atoms with Crippen molar-refractivity contribution >= 4 is 11.9 Å². The van der Waals surface area contributed by atoms with Gasteiger partial charge in [-0.25, -0.2) is 9.48 Å². The largest absolute Gasteiger partial charge is 0.462 e. The first-order valence-corrected chi connectivity index (χ1v) is 10.1. The quantitative estimate of drug-likeness (QED) is 0.621. The number of aromatic nitrogens is 2. The van der Waals surface area contributed by atoms with E-state index >= 15 is 0 Å². The normalized spacial score (nSPS) is 14.6. The topological polar surface area (TPSA) is 67.7 Å². The fourth-order valence-electron chi connectivity index (χ4n) is 3.54. The van der Waals surface area contributed by atoms with Crippen LogP contribution in [0.5, 0.6) is 0 Å². The van der Waals surface area contributed by atoms with E-state index < -0.39 is 23.4 Å². The maximum atomic E-state index is 13.6. The molecular formula is C21H25F3N4O3. The lowest BCUT2D eigenvalue weighted by Crippen LogP contribution is -2.35. The first kappa shape index (κ1) is 22.8. The molecule has 1 aliphatic rings. The van der Waals surface area contributed by atoms with E-state index in [0.29, 0.717) is 16.8 Å². The minimum absolute atomic E-state index is 0.0522. The minimum atomic E-state index is -4.82. The molecule has 7 nitrogen and oxygen atoms in total. The molecule has 1 aromatic heterocycles. The van der Waals surface area contributed by atoms with Gasteiger partial charge >= 0.3 is 12.1 Å². The molecule has 1 saturated heterocycles. The maximum absolute atomic E-state index is 13.6. The van der Waals surface area contributed by atoms with Crippen LogP contribution in [0.4, 0.5) is 13.2 Å². The summed E-state index contributed by atoms with van der Waals surface area (Å²) in [5, 5.41) is 3.73. The van der Waals surface area contributed by atoms with E-state index in [2.05, 4.69) is 10.00 Å².